The summed E-state index contributed by atoms with van der Waals surface area (Å²) in [6.07, 6.45) is 4.62. The van der Waals surface area contributed by atoms with Gasteiger partial charge in [-0.05, 0) is 19.4 Å². The van der Waals surface area contributed by atoms with E-state index in [4.69, 9.17) is 4.42 Å². The molecule has 2 radical (unpaired) electrons. The van der Waals surface area contributed by atoms with Crippen LogP contribution in [0.4, 0.5) is 0 Å². The van der Waals surface area contributed by atoms with Crippen molar-refractivity contribution in [1.82, 2.24) is 4.57 Å². The lowest BCUT2D eigenvalue weighted by Gasteiger charge is -2.16. The van der Waals surface area contributed by atoms with Gasteiger partial charge in [-0.15, -0.1) is 0 Å². The van der Waals surface area contributed by atoms with Gasteiger partial charge in [0.1, 0.15) is 5.58 Å². The Hall–Kier alpha value is -3.02. The molecule has 1 aromatic carbocycles. The summed E-state index contributed by atoms with van der Waals surface area (Å²) in [5.41, 5.74) is 0.784. The molecule has 0 aliphatic rings. The highest BCUT2D eigenvalue weighted by Crippen LogP contribution is 2.28. The first-order valence-corrected chi connectivity index (χ1v) is 7.99. The SMILES string of the molecule is CCCc1c2oc([C]=O)cc(=O)c2cc2c(=O)cc([C]=O)n(CC)c12. The molecule has 3 aromatic rings. The fraction of sp³-hybridized carbons (Fsp3) is 0.263. The third-order valence-electron chi connectivity index (χ3n) is 4.20. The number of aromatic nitrogens is 1. The van der Waals surface area contributed by atoms with E-state index in [1.165, 1.54) is 12.1 Å². The molecule has 0 spiro atoms. The highest BCUT2D eigenvalue weighted by Gasteiger charge is 2.18. The minimum Gasteiger partial charge on any atom is -0.452 e. The zero-order valence-corrected chi connectivity index (χ0v) is 13.8. The molecule has 0 aliphatic heterocycles. The number of pyridine rings is 1. The van der Waals surface area contributed by atoms with Crippen molar-refractivity contribution in [2.75, 3.05) is 0 Å². The lowest BCUT2D eigenvalue weighted by atomic mass is 10.00. The van der Waals surface area contributed by atoms with Gasteiger partial charge >= 0.3 is 0 Å². The van der Waals surface area contributed by atoms with E-state index < -0.39 is 5.43 Å². The van der Waals surface area contributed by atoms with Gasteiger partial charge in [-0.3, -0.25) is 19.2 Å². The molecule has 0 saturated heterocycles. The van der Waals surface area contributed by atoms with E-state index in [1.807, 2.05) is 13.8 Å². The predicted molar refractivity (Wildman–Crippen MR) is 93.5 cm³/mol. The normalized spacial score (nSPS) is 11.1. The van der Waals surface area contributed by atoms with Crippen molar-refractivity contribution in [3.8, 4) is 0 Å². The Morgan fingerprint density at radius 1 is 1.00 bits per heavy atom. The van der Waals surface area contributed by atoms with E-state index >= 15 is 0 Å². The number of hydrogen-bond acceptors (Lipinski definition) is 5. The third-order valence-corrected chi connectivity index (χ3v) is 4.20. The Balaban J connectivity index is 2.68. The smallest absolute Gasteiger partial charge is 0.272 e. The van der Waals surface area contributed by atoms with Gasteiger partial charge in [0, 0.05) is 29.6 Å². The summed E-state index contributed by atoms with van der Waals surface area (Å²) in [4.78, 5) is 47.0. The maximum atomic E-state index is 12.5. The molecule has 6 nitrogen and oxygen atoms in total. The maximum Gasteiger partial charge on any atom is 0.272 e. The molecular formula is C19H15NO5. The summed E-state index contributed by atoms with van der Waals surface area (Å²) < 4.78 is 7.23. The number of nitrogens with zero attached hydrogens (tertiary/aromatic N) is 1. The van der Waals surface area contributed by atoms with Crippen molar-refractivity contribution >= 4 is 34.4 Å². The van der Waals surface area contributed by atoms with Crippen molar-refractivity contribution in [2.45, 2.75) is 33.2 Å². The first-order chi connectivity index (χ1) is 12.0. The molecule has 0 atom stereocenters. The molecule has 0 unspecified atom stereocenters. The van der Waals surface area contributed by atoms with Crippen LogP contribution in [0, 0.1) is 0 Å². The minimum atomic E-state index is -0.410. The van der Waals surface area contributed by atoms with Crippen LogP contribution in [-0.4, -0.2) is 17.1 Å². The quantitative estimate of drug-likeness (QED) is 0.665. The van der Waals surface area contributed by atoms with Crippen molar-refractivity contribution < 1.29 is 14.0 Å². The van der Waals surface area contributed by atoms with Crippen molar-refractivity contribution in [2.24, 2.45) is 0 Å². The molecule has 0 amide bonds. The zero-order valence-electron chi connectivity index (χ0n) is 13.8. The number of fused-ring (bicyclic) bond motifs is 2. The summed E-state index contributed by atoms with van der Waals surface area (Å²) in [5, 5.41) is 0.574. The number of benzene rings is 1. The maximum absolute atomic E-state index is 12.5. The number of carbonyl (C=O) groups excluding carboxylic acids is 2. The number of aryl methyl sites for hydroxylation is 2. The second-order valence-electron chi connectivity index (χ2n) is 5.70. The van der Waals surface area contributed by atoms with Crippen LogP contribution in [-0.2, 0) is 22.6 Å². The highest BCUT2D eigenvalue weighted by molar-refractivity contribution is 5.99. The molecule has 25 heavy (non-hydrogen) atoms. The molecule has 0 saturated carbocycles. The lowest BCUT2D eigenvalue weighted by molar-refractivity contribution is 0.529. The highest BCUT2D eigenvalue weighted by atomic mass is 16.3. The van der Waals surface area contributed by atoms with E-state index in [0.29, 0.717) is 29.4 Å². The van der Waals surface area contributed by atoms with Crippen molar-refractivity contribution in [3.05, 3.63) is 55.7 Å². The van der Waals surface area contributed by atoms with Gasteiger partial charge in [-0.25, -0.2) is 0 Å². The van der Waals surface area contributed by atoms with Crippen LogP contribution in [0.5, 0.6) is 0 Å². The average molecular weight is 337 g/mol. The molecule has 126 valence electrons. The standard InChI is InChI=1S/C19H15NO5/c1-3-5-13-18-14(16(23)6-11(9-21)20(18)4-2)8-15-17(24)7-12(10-22)25-19(13)15/h6-8H,3-5H2,1-2H3. The minimum absolute atomic E-state index is 0.136. The fourth-order valence-corrected chi connectivity index (χ4v) is 3.19. The Labute approximate surface area is 142 Å². The second-order valence-corrected chi connectivity index (χ2v) is 5.70. The summed E-state index contributed by atoms with van der Waals surface area (Å²) in [6, 6.07) is 3.74. The second kappa shape index (κ2) is 6.47. The van der Waals surface area contributed by atoms with Gasteiger partial charge in [0.25, 0.3) is 12.6 Å². The summed E-state index contributed by atoms with van der Waals surface area (Å²) in [5.74, 6) is -0.197. The number of rotatable bonds is 5. The Morgan fingerprint density at radius 3 is 2.32 bits per heavy atom. The zero-order chi connectivity index (χ0) is 18.1. The topological polar surface area (TPSA) is 86.3 Å². The Bertz CT molecular complexity index is 1120. The van der Waals surface area contributed by atoms with Crippen LogP contribution in [0.3, 0.4) is 0 Å². The molecular weight excluding hydrogens is 322 g/mol. The lowest BCUT2D eigenvalue weighted by Crippen LogP contribution is -2.16. The van der Waals surface area contributed by atoms with Crippen molar-refractivity contribution in [1.29, 1.82) is 0 Å². The van der Waals surface area contributed by atoms with Gasteiger partial charge in [-0.2, -0.15) is 0 Å². The molecule has 2 aromatic heterocycles. The fourth-order valence-electron chi connectivity index (χ4n) is 3.19. The Kier molecular flexibility index (Phi) is 4.35. The monoisotopic (exact) mass is 337 g/mol. The van der Waals surface area contributed by atoms with Crippen LogP contribution in [0.25, 0.3) is 21.9 Å². The van der Waals surface area contributed by atoms with E-state index in [9.17, 15) is 19.2 Å². The van der Waals surface area contributed by atoms with E-state index in [0.717, 1.165) is 12.5 Å². The van der Waals surface area contributed by atoms with E-state index in [2.05, 4.69) is 0 Å². The molecule has 0 fully saturated rings. The summed E-state index contributed by atoms with van der Waals surface area (Å²) >= 11 is 0. The average Bonchev–Trinajstić information content (AvgIpc) is 2.62. The van der Waals surface area contributed by atoms with Gasteiger partial charge < -0.3 is 8.98 Å². The molecule has 3 rings (SSSR count). The van der Waals surface area contributed by atoms with Crippen molar-refractivity contribution in [3.63, 3.8) is 0 Å². The molecule has 0 N–H and O–H groups in total. The molecule has 6 heteroatoms. The van der Waals surface area contributed by atoms with Gasteiger partial charge in [0.05, 0.1) is 16.6 Å². The number of hydrogen-bond donors (Lipinski definition) is 0. The third kappa shape index (κ3) is 2.59. The summed E-state index contributed by atoms with van der Waals surface area (Å²) in [7, 11) is 0. The first-order valence-electron chi connectivity index (χ1n) is 7.99. The first kappa shape index (κ1) is 16.8. The predicted octanol–water partition coefficient (Wildman–Crippen LogP) is 2.00. The molecule has 0 aliphatic carbocycles. The van der Waals surface area contributed by atoms with E-state index in [-0.39, 0.29) is 27.9 Å². The van der Waals surface area contributed by atoms with Crippen LogP contribution < -0.4 is 10.9 Å². The van der Waals surface area contributed by atoms with Gasteiger partial charge in [0.15, 0.2) is 16.6 Å². The van der Waals surface area contributed by atoms with Crippen LogP contribution in [0.15, 0.2) is 32.2 Å². The van der Waals surface area contributed by atoms with Gasteiger partial charge in [-0.1, -0.05) is 13.3 Å². The largest absolute Gasteiger partial charge is 0.452 e. The van der Waals surface area contributed by atoms with Crippen LogP contribution in [0.2, 0.25) is 0 Å². The molecule has 0 bridgehead atoms. The van der Waals surface area contributed by atoms with Crippen LogP contribution >= 0.6 is 0 Å². The van der Waals surface area contributed by atoms with E-state index in [1.54, 1.807) is 17.1 Å². The Morgan fingerprint density at radius 2 is 1.72 bits per heavy atom. The molecule has 2 heterocycles. The van der Waals surface area contributed by atoms with Crippen LogP contribution in [0.1, 0.15) is 37.3 Å². The summed E-state index contributed by atoms with van der Waals surface area (Å²) in [6.45, 7) is 4.23. The van der Waals surface area contributed by atoms with Gasteiger partial charge in [0.2, 0.25) is 0 Å².